The van der Waals surface area contributed by atoms with Crippen LogP contribution in [0.3, 0.4) is 0 Å². The number of fused-ring (bicyclic) bond motifs is 1. The molecule has 7 atom stereocenters. The number of hydrogen-bond donors (Lipinski definition) is 1. The molecule has 0 radical (unpaired) electrons. The maximum Gasteiger partial charge on any atom is 0.251 e. The Morgan fingerprint density at radius 1 is 1.12 bits per heavy atom. The average molecular weight is 608 g/mol. The highest BCUT2D eigenvalue weighted by Crippen LogP contribution is 2.69. The highest BCUT2D eigenvalue weighted by Gasteiger charge is 2.76. The van der Waals surface area contributed by atoms with Gasteiger partial charge < -0.3 is 19.8 Å². The third kappa shape index (κ3) is 4.97. The summed E-state index contributed by atoms with van der Waals surface area (Å²) >= 11 is 7.77. The molecular weight excluding hydrogens is 570 g/mol. The van der Waals surface area contributed by atoms with Crippen molar-refractivity contribution in [1.29, 1.82) is 0 Å². The highest BCUT2D eigenvalue weighted by atomic mass is 35.5. The van der Waals surface area contributed by atoms with Crippen molar-refractivity contribution < 1.29 is 19.5 Å². The Kier molecular flexibility index (Phi) is 8.88. The number of carbonyl (C=O) groups is 3. The van der Waals surface area contributed by atoms with E-state index in [1.807, 2.05) is 30.3 Å². The molecule has 2 aromatic rings. The first-order valence-electron chi connectivity index (χ1n) is 14.4. The van der Waals surface area contributed by atoms with Gasteiger partial charge in [0.15, 0.2) is 0 Å². The van der Waals surface area contributed by atoms with E-state index in [1.165, 1.54) is 0 Å². The second-order valence-electron chi connectivity index (χ2n) is 11.5. The minimum absolute atomic E-state index is 0.00752. The molecule has 1 N–H and O–H groups in total. The minimum Gasteiger partial charge on any atom is -0.394 e. The predicted molar refractivity (Wildman–Crippen MR) is 168 cm³/mol. The van der Waals surface area contributed by atoms with Gasteiger partial charge in [0.2, 0.25) is 11.8 Å². The number of benzene rings is 2. The van der Waals surface area contributed by atoms with E-state index in [9.17, 15) is 19.5 Å². The number of likely N-dealkylation sites (tertiary alicyclic amines) is 1. The molecule has 2 aromatic carbocycles. The van der Waals surface area contributed by atoms with E-state index in [1.54, 1.807) is 69.8 Å². The third-order valence-corrected chi connectivity index (χ3v) is 11.4. The maximum atomic E-state index is 14.7. The van der Waals surface area contributed by atoms with Crippen molar-refractivity contribution in [3.8, 4) is 0 Å². The van der Waals surface area contributed by atoms with E-state index < -0.39 is 28.7 Å². The zero-order valence-electron chi connectivity index (χ0n) is 24.1. The normalized spacial score (nSPS) is 28.3. The van der Waals surface area contributed by atoms with E-state index in [4.69, 9.17) is 11.6 Å². The van der Waals surface area contributed by atoms with Crippen molar-refractivity contribution in [2.75, 3.05) is 24.6 Å². The first-order valence-corrected chi connectivity index (χ1v) is 15.7. The van der Waals surface area contributed by atoms with Crippen molar-refractivity contribution in [3.05, 3.63) is 90.5 Å². The molecule has 1 spiro atoms. The van der Waals surface area contributed by atoms with Crippen LogP contribution in [0.4, 0.5) is 5.69 Å². The molecule has 3 saturated heterocycles. The van der Waals surface area contributed by atoms with E-state index in [2.05, 4.69) is 20.1 Å². The van der Waals surface area contributed by atoms with Crippen LogP contribution >= 0.6 is 23.4 Å². The second kappa shape index (κ2) is 12.3. The molecule has 2 bridgehead atoms. The number of carbonyl (C=O) groups excluding carboxylic acids is 3. The van der Waals surface area contributed by atoms with Gasteiger partial charge in [-0.1, -0.05) is 61.0 Å². The van der Waals surface area contributed by atoms with E-state index in [-0.39, 0.29) is 42.0 Å². The van der Waals surface area contributed by atoms with Crippen LogP contribution in [0, 0.1) is 17.8 Å². The molecule has 3 aliphatic heterocycles. The topological polar surface area (TPSA) is 81.2 Å². The van der Waals surface area contributed by atoms with Crippen molar-refractivity contribution >= 4 is 46.8 Å². The van der Waals surface area contributed by atoms with Gasteiger partial charge in [-0.3, -0.25) is 14.4 Å². The SMILES string of the molecule is C=CCN(Cc1ccccc1)C(=O)[C@@H]1[C@@H]2CC(C)C3(S2)C(C(=O)N(CC=C)c2ccc(Cl)cc2)N([C@H](C)CO)C(=O)[C@H]13. The molecule has 3 heterocycles. The molecule has 3 unspecified atom stereocenters. The lowest BCUT2D eigenvalue weighted by molar-refractivity contribution is -0.145. The Morgan fingerprint density at radius 3 is 2.40 bits per heavy atom. The summed E-state index contributed by atoms with van der Waals surface area (Å²) in [6.07, 6.45) is 4.09. The summed E-state index contributed by atoms with van der Waals surface area (Å²) < 4.78 is -0.805. The molecule has 222 valence electrons. The average Bonchev–Trinajstić information content (AvgIpc) is 3.59. The first-order chi connectivity index (χ1) is 20.2. The molecule has 3 amide bonds. The highest BCUT2D eigenvalue weighted by molar-refractivity contribution is 8.02. The van der Waals surface area contributed by atoms with Gasteiger partial charge in [-0.25, -0.2) is 0 Å². The number of hydrogen-bond acceptors (Lipinski definition) is 5. The maximum absolute atomic E-state index is 14.7. The van der Waals surface area contributed by atoms with E-state index in [0.29, 0.717) is 23.8 Å². The Bertz CT molecular complexity index is 1350. The fraction of sp³-hybridized carbons (Fsp3) is 0.424. The van der Waals surface area contributed by atoms with Gasteiger partial charge in [0.1, 0.15) is 6.04 Å². The van der Waals surface area contributed by atoms with Gasteiger partial charge in [0, 0.05) is 35.6 Å². The Labute approximate surface area is 257 Å². The first kappa shape index (κ1) is 30.4. The Morgan fingerprint density at radius 2 is 1.79 bits per heavy atom. The summed E-state index contributed by atoms with van der Waals surface area (Å²) in [4.78, 5) is 48.4. The van der Waals surface area contributed by atoms with Crippen LogP contribution in [0.5, 0.6) is 0 Å². The smallest absolute Gasteiger partial charge is 0.251 e. The standard InChI is InChI=1S/C33H38ClN3O4S/c1-5-16-35(19-23-10-8-7-9-11-23)30(39)27-26-18-21(3)33(42-26)28(27)31(40)37(22(4)20-38)29(33)32(41)36(17-6-2)25-14-12-24(34)13-15-25/h5-15,21-22,26-29,38H,1-2,16-20H2,3-4H3/t21?,22-,26+,27-,28+,29?,33?/m1/s1. The number of aliphatic hydroxyl groups excluding tert-OH is 1. The van der Waals surface area contributed by atoms with E-state index in [0.717, 1.165) is 12.0 Å². The molecule has 42 heavy (non-hydrogen) atoms. The monoisotopic (exact) mass is 607 g/mol. The molecule has 7 nitrogen and oxygen atoms in total. The summed E-state index contributed by atoms with van der Waals surface area (Å²) in [5.74, 6) is -1.80. The van der Waals surface area contributed by atoms with Crippen LogP contribution < -0.4 is 4.90 Å². The van der Waals surface area contributed by atoms with Crippen molar-refractivity contribution in [1.82, 2.24) is 9.80 Å². The summed E-state index contributed by atoms with van der Waals surface area (Å²) in [6.45, 7) is 12.3. The molecule has 3 fully saturated rings. The van der Waals surface area contributed by atoms with Crippen molar-refractivity contribution in [2.24, 2.45) is 17.8 Å². The van der Waals surface area contributed by atoms with Gasteiger partial charge >= 0.3 is 0 Å². The Hall–Kier alpha value is -3.07. The largest absolute Gasteiger partial charge is 0.394 e. The number of amides is 3. The molecular formula is C33H38ClN3O4S. The van der Waals surface area contributed by atoms with Gasteiger partial charge in [-0.05, 0) is 49.1 Å². The minimum atomic E-state index is -0.849. The van der Waals surface area contributed by atoms with Crippen LogP contribution in [0.25, 0.3) is 0 Å². The Balaban J connectivity index is 1.56. The number of thioether (sulfide) groups is 1. The molecule has 0 aliphatic carbocycles. The lowest BCUT2D eigenvalue weighted by atomic mass is 9.65. The van der Waals surface area contributed by atoms with E-state index >= 15 is 0 Å². The van der Waals surface area contributed by atoms with Gasteiger partial charge in [0.25, 0.3) is 5.91 Å². The molecule has 5 rings (SSSR count). The van der Waals surface area contributed by atoms with Gasteiger partial charge in [-0.15, -0.1) is 24.9 Å². The van der Waals surface area contributed by atoms with Crippen LogP contribution in [0.1, 0.15) is 25.8 Å². The predicted octanol–water partition coefficient (Wildman–Crippen LogP) is 4.79. The number of anilines is 1. The van der Waals surface area contributed by atoms with Gasteiger partial charge in [0.05, 0.1) is 29.2 Å². The summed E-state index contributed by atoms with van der Waals surface area (Å²) in [5, 5.41) is 10.7. The summed E-state index contributed by atoms with van der Waals surface area (Å²) in [6, 6.07) is 15.3. The zero-order valence-corrected chi connectivity index (χ0v) is 25.6. The zero-order chi connectivity index (χ0) is 30.2. The lowest BCUT2D eigenvalue weighted by Crippen LogP contribution is -2.59. The quantitative estimate of drug-likeness (QED) is 0.372. The molecule has 0 saturated carbocycles. The fourth-order valence-corrected chi connectivity index (χ4v) is 9.73. The van der Waals surface area contributed by atoms with Crippen molar-refractivity contribution in [3.63, 3.8) is 0 Å². The number of nitrogens with zero attached hydrogens (tertiary/aromatic N) is 3. The summed E-state index contributed by atoms with van der Waals surface area (Å²) in [5.41, 5.74) is 1.64. The van der Waals surface area contributed by atoms with Crippen LogP contribution in [-0.4, -0.2) is 74.4 Å². The van der Waals surface area contributed by atoms with Crippen molar-refractivity contribution in [2.45, 2.75) is 48.9 Å². The van der Waals surface area contributed by atoms with Crippen LogP contribution in [-0.2, 0) is 20.9 Å². The summed E-state index contributed by atoms with van der Waals surface area (Å²) in [7, 11) is 0. The second-order valence-corrected chi connectivity index (χ2v) is 13.5. The fourth-order valence-electron chi connectivity index (χ4n) is 7.21. The molecule has 9 heteroatoms. The molecule has 0 aromatic heterocycles. The van der Waals surface area contributed by atoms with Crippen LogP contribution in [0.15, 0.2) is 79.9 Å². The van der Waals surface area contributed by atoms with Gasteiger partial charge in [-0.2, -0.15) is 0 Å². The number of rotatable bonds is 11. The third-order valence-electron chi connectivity index (χ3n) is 9.03. The number of halogens is 1. The molecule has 3 aliphatic rings. The van der Waals surface area contributed by atoms with Crippen LogP contribution in [0.2, 0.25) is 5.02 Å². The number of aliphatic hydroxyl groups is 1. The lowest BCUT2D eigenvalue weighted by Gasteiger charge is -2.41.